The number of rotatable bonds is 6. The van der Waals surface area contributed by atoms with Gasteiger partial charge >= 0.3 is 0 Å². The molecule has 1 N–H and O–H groups in total. The first-order valence-electron chi connectivity index (χ1n) is 7.36. The van der Waals surface area contributed by atoms with Gasteiger partial charge in [-0.1, -0.05) is 11.6 Å². The van der Waals surface area contributed by atoms with E-state index in [0.29, 0.717) is 13.2 Å². The minimum absolute atomic E-state index is 0.0754. The van der Waals surface area contributed by atoms with Crippen LogP contribution < -0.4 is 5.32 Å². The maximum Gasteiger partial charge on any atom is 0.271 e. The molecule has 1 aliphatic rings. The van der Waals surface area contributed by atoms with Crippen molar-refractivity contribution >= 4 is 34.8 Å². The first-order valence-corrected chi connectivity index (χ1v) is 7.74. The Hall–Kier alpha value is -2.19. The predicted octanol–water partition coefficient (Wildman–Crippen LogP) is 2.07. The Morgan fingerprint density at radius 2 is 2.29 bits per heavy atom. The molecule has 8 nitrogen and oxygen atoms in total. The summed E-state index contributed by atoms with van der Waals surface area (Å²) in [5, 5.41) is 13.4. The van der Waals surface area contributed by atoms with Gasteiger partial charge in [-0.15, -0.1) is 0 Å². The van der Waals surface area contributed by atoms with E-state index in [0.717, 1.165) is 0 Å². The molecule has 0 saturated carbocycles. The summed E-state index contributed by atoms with van der Waals surface area (Å²) in [7, 11) is 1.55. The molecular weight excluding hydrogens is 338 g/mol. The molecule has 2 rings (SSSR count). The van der Waals surface area contributed by atoms with Crippen LogP contribution in [0.3, 0.4) is 0 Å². The van der Waals surface area contributed by atoms with Gasteiger partial charge in [0.1, 0.15) is 0 Å². The van der Waals surface area contributed by atoms with E-state index in [4.69, 9.17) is 16.3 Å². The molecule has 1 fully saturated rings. The number of nitro benzene ring substituents is 1. The van der Waals surface area contributed by atoms with Crippen LogP contribution in [0.4, 0.5) is 11.4 Å². The van der Waals surface area contributed by atoms with Crippen LogP contribution in [0.5, 0.6) is 0 Å². The topological polar surface area (TPSA) is 102 Å². The Balaban J connectivity index is 2.03. The zero-order valence-electron chi connectivity index (χ0n) is 13.3. The molecule has 0 spiro atoms. The molecular formula is C15H18ClN3O5. The van der Waals surface area contributed by atoms with Crippen LogP contribution in [0.25, 0.3) is 0 Å². The fourth-order valence-corrected chi connectivity index (χ4v) is 2.84. The number of anilines is 1. The summed E-state index contributed by atoms with van der Waals surface area (Å²) >= 11 is 5.96. The summed E-state index contributed by atoms with van der Waals surface area (Å²) in [6.07, 6.45) is 0.116. The van der Waals surface area contributed by atoms with E-state index in [2.05, 4.69) is 5.32 Å². The van der Waals surface area contributed by atoms with Gasteiger partial charge < -0.3 is 15.0 Å². The summed E-state index contributed by atoms with van der Waals surface area (Å²) in [5.41, 5.74) is 0.122. The molecule has 9 heteroatoms. The summed E-state index contributed by atoms with van der Waals surface area (Å²) < 4.78 is 5.04. The van der Waals surface area contributed by atoms with Crippen molar-refractivity contribution in [3.63, 3.8) is 0 Å². The number of likely N-dealkylation sites (tertiary alicyclic amines) is 1. The number of nitrogens with zero attached hydrogens (tertiary/aromatic N) is 2. The number of amides is 2. The van der Waals surface area contributed by atoms with Crippen molar-refractivity contribution in [2.45, 2.75) is 19.4 Å². The molecule has 0 unspecified atom stereocenters. The number of non-ortho nitro benzene ring substituents is 1. The minimum atomic E-state index is -0.567. The van der Waals surface area contributed by atoms with E-state index >= 15 is 0 Å². The van der Waals surface area contributed by atoms with Gasteiger partial charge in [-0.3, -0.25) is 19.7 Å². The fraction of sp³-hybridized carbons (Fsp3) is 0.467. The van der Waals surface area contributed by atoms with Gasteiger partial charge in [-0.05, 0) is 13.0 Å². The Kier molecular flexibility index (Phi) is 5.74. The number of nitro groups is 1. The van der Waals surface area contributed by atoms with E-state index < -0.39 is 10.8 Å². The number of methoxy groups -OCH3 is 1. The first kappa shape index (κ1) is 18.2. The zero-order valence-corrected chi connectivity index (χ0v) is 14.1. The number of carbonyl (C=O) groups excluding carboxylic acids is 2. The predicted molar refractivity (Wildman–Crippen MR) is 87.9 cm³/mol. The quantitative estimate of drug-likeness (QED) is 0.621. The second-order valence-corrected chi connectivity index (χ2v) is 6.07. The standard InChI is InChI=1S/C15H18ClN3O5/c1-9(8-24-2)18-7-10(5-14(18)20)15(21)17-13-4-3-11(19(22)23)6-12(13)16/h3-4,6,9-10H,5,7-8H2,1-2H3,(H,17,21)/t9-,10+/m1/s1. The maximum atomic E-state index is 12.3. The van der Waals surface area contributed by atoms with Gasteiger partial charge in [0.25, 0.3) is 5.69 Å². The first-order chi connectivity index (χ1) is 11.3. The number of benzene rings is 1. The highest BCUT2D eigenvalue weighted by Gasteiger charge is 2.36. The summed E-state index contributed by atoms with van der Waals surface area (Å²) in [5.74, 6) is -0.941. The average molecular weight is 356 g/mol. The Labute approximate surface area is 143 Å². The average Bonchev–Trinajstić information content (AvgIpc) is 2.91. The Bertz CT molecular complexity index is 667. The Morgan fingerprint density at radius 3 is 2.88 bits per heavy atom. The third kappa shape index (κ3) is 4.01. The lowest BCUT2D eigenvalue weighted by molar-refractivity contribution is -0.384. The van der Waals surface area contributed by atoms with Gasteiger partial charge in [0, 0.05) is 32.2 Å². The molecule has 2 amide bonds. The van der Waals surface area contributed by atoms with Crippen LogP contribution >= 0.6 is 11.6 Å². The zero-order chi connectivity index (χ0) is 17.9. The maximum absolute atomic E-state index is 12.3. The number of hydrogen-bond donors (Lipinski definition) is 1. The molecule has 24 heavy (non-hydrogen) atoms. The van der Waals surface area contributed by atoms with Crippen molar-refractivity contribution < 1.29 is 19.2 Å². The van der Waals surface area contributed by atoms with Crippen LogP contribution in [0, 0.1) is 16.0 Å². The van der Waals surface area contributed by atoms with Crippen molar-refractivity contribution in [3.05, 3.63) is 33.3 Å². The number of hydrogen-bond acceptors (Lipinski definition) is 5. The van der Waals surface area contributed by atoms with Crippen LogP contribution in [0.15, 0.2) is 18.2 Å². The van der Waals surface area contributed by atoms with Crippen molar-refractivity contribution in [1.82, 2.24) is 4.90 Å². The van der Waals surface area contributed by atoms with E-state index in [1.807, 2.05) is 6.92 Å². The second kappa shape index (κ2) is 7.59. The minimum Gasteiger partial charge on any atom is -0.383 e. The molecule has 1 saturated heterocycles. The van der Waals surface area contributed by atoms with Crippen molar-refractivity contribution in [1.29, 1.82) is 0 Å². The van der Waals surface area contributed by atoms with Gasteiger partial charge in [-0.2, -0.15) is 0 Å². The largest absolute Gasteiger partial charge is 0.383 e. The van der Waals surface area contributed by atoms with E-state index in [-0.39, 0.29) is 40.7 Å². The lowest BCUT2D eigenvalue weighted by Crippen LogP contribution is -2.38. The van der Waals surface area contributed by atoms with Gasteiger partial charge in [0.2, 0.25) is 11.8 Å². The summed E-state index contributed by atoms with van der Waals surface area (Å²) in [6, 6.07) is 3.70. The van der Waals surface area contributed by atoms with E-state index in [1.165, 1.54) is 18.2 Å². The van der Waals surface area contributed by atoms with Crippen LogP contribution in [0.2, 0.25) is 5.02 Å². The fourth-order valence-electron chi connectivity index (χ4n) is 2.62. The van der Waals surface area contributed by atoms with Crippen LogP contribution in [-0.4, -0.2) is 47.9 Å². The molecule has 1 heterocycles. The lowest BCUT2D eigenvalue weighted by Gasteiger charge is -2.23. The second-order valence-electron chi connectivity index (χ2n) is 5.66. The van der Waals surface area contributed by atoms with Crippen molar-refractivity contribution in [2.24, 2.45) is 5.92 Å². The SMILES string of the molecule is COC[C@@H](C)N1C[C@@H](C(=O)Nc2ccc([N+](=O)[O-])cc2Cl)CC1=O. The van der Waals surface area contributed by atoms with Gasteiger partial charge in [-0.25, -0.2) is 0 Å². The molecule has 2 atom stereocenters. The number of nitrogens with one attached hydrogen (secondary N) is 1. The third-order valence-electron chi connectivity index (χ3n) is 3.89. The highest BCUT2D eigenvalue weighted by molar-refractivity contribution is 6.34. The number of ether oxygens (including phenoxy) is 1. The molecule has 0 aromatic heterocycles. The van der Waals surface area contributed by atoms with Crippen LogP contribution in [0.1, 0.15) is 13.3 Å². The Morgan fingerprint density at radius 1 is 1.58 bits per heavy atom. The summed E-state index contributed by atoms with van der Waals surface area (Å²) in [4.78, 5) is 36.1. The van der Waals surface area contributed by atoms with E-state index in [9.17, 15) is 19.7 Å². The normalized spacial score (nSPS) is 18.5. The number of halogens is 1. The molecule has 0 aliphatic carbocycles. The highest BCUT2D eigenvalue weighted by atomic mass is 35.5. The lowest BCUT2D eigenvalue weighted by atomic mass is 10.1. The van der Waals surface area contributed by atoms with Crippen LogP contribution in [-0.2, 0) is 14.3 Å². The third-order valence-corrected chi connectivity index (χ3v) is 4.20. The summed E-state index contributed by atoms with van der Waals surface area (Å²) in [6.45, 7) is 2.56. The molecule has 0 radical (unpaired) electrons. The van der Waals surface area contributed by atoms with Gasteiger partial charge in [0.05, 0.1) is 34.2 Å². The molecule has 0 bridgehead atoms. The molecule has 130 valence electrons. The highest BCUT2D eigenvalue weighted by Crippen LogP contribution is 2.28. The molecule has 1 aromatic rings. The van der Waals surface area contributed by atoms with Crippen molar-refractivity contribution in [2.75, 3.05) is 25.6 Å². The van der Waals surface area contributed by atoms with Crippen molar-refractivity contribution in [3.8, 4) is 0 Å². The van der Waals surface area contributed by atoms with Gasteiger partial charge in [0.15, 0.2) is 0 Å². The monoisotopic (exact) mass is 355 g/mol. The smallest absolute Gasteiger partial charge is 0.271 e. The number of carbonyl (C=O) groups is 2. The molecule has 1 aromatic carbocycles. The van der Waals surface area contributed by atoms with E-state index in [1.54, 1.807) is 12.0 Å². The molecule has 1 aliphatic heterocycles.